The number of aryl methyl sites for hydroxylation is 3. The highest BCUT2D eigenvalue weighted by Crippen LogP contribution is 2.21. The zero-order valence-corrected chi connectivity index (χ0v) is 21.8. The van der Waals surface area contributed by atoms with Crippen molar-refractivity contribution in [2.24, 2.45) is 5.92 Å². The van der Waals surface area contributed by atoms with E-state index in [0.717, 1.165) is 41.6 Å². The largest absolute Gasteiger partial charge is 0.293 e. The predicted molar refractivity (Wildman–Crippen MR) is 142 cm³/mol. The van der Waals surface area contributed by atoms with Crippen LogP contribution in [-0.4, -0.2) is 46.8 Å². The number of piperazine rings is 1. The quantitative estimate of drug-likeness (QED) is 0.450. The van der Waals surface area contributed by atoms with Crippen molar-refractivity contribution in [1.82, 2.24) is 14.7 Å². The van der Waals surface area contributed by atoms with E-state index in [9.17, 15) is 4.79 Å². The van der Waals surface area contributed by atoms with Crippen LogP contribution in [-0.2, 0) is 17.8 Å². The normalized spacial score (nSPS) is 14.3. The molecule has 1 saturated heterocycles. The maximum absolute atomic E-state index is 12.6. The zero-order chi connectivity index (χ0) is 24.7. The first-order valence-corrected chi connectivity index (χ1v) is 12.5. The van der Waals surface area contributed by atoms with E-state index in [0.29, 0.717) is 25.6 Å². The van der Waals surface area contributed by atoms with Gasteiger partial charge in [-0.3, -0.25) is 19.3 Å². The van der Waals surface area contributed by atoms with Gasteiger partial charge in [-0.2, -0.15) is 5.10 Å². The molecular formula is C28H37ClN4O. The van der Waals surface area contributed by atoms with Gasteiger partial charge in [0.05, 0.1) is 13.1 Å². The first-order valence-electron chi connectivity index (χ1n) is 12.1. The summed E-state index contributed by atoms with van der Waals surface area (Å²) in [4.78, 5) is 16.6. The van der Waals surface area contributed by atoms with Crippen molar-refractivity contribution < 1.29 is 4.79 Å². The summed E-state index contributed by atoms with van der Waals surface area (Å²) in [7, 11) is 0. The molecule has 1 aliphatic heterocycles. The summed E-state index contributed by atoms with van der Waals surface area (Å²) < 4.78 is 1.95. The van der Waals surface area contributed by atoms with Crippen LogP contribution in [0.15, 0.2) is 54.6 Å². The van der Waals surface area contributed by atoms with Gasteiger partial charge in [0.15, 0.2) is 5.82 Å². The monoisotopic (exact) mass is 480 g/mol. The minimum absolute atomic E-state index is 0.125. The standard InChI is InChI=1S/C20H27ClN4O.C8H10/c1-14(2)11-23-7-8-24(20(26)13-23)19-9-16(4)25(22-19)12-17-10-18(21)6-5-15(17)3;1-2-8-6-4-3-5-7-8/h5-6,9-10,14H,7-8,11-13H2,1-4H3;3-7H,2H2,1H3. The van der Waals surface area contributed by atoms with E-state index >= 15 is 0 Å². The van der Waals surface area contributed by atoms with Crippen LogP contribution in [0.2, 0.25) is 5.02 Å². The van der Waals surface area contributed by atoms with Gasteiger partial charge in [-0.1, -0.05) is 68.8 Å². The Balaban J connectivity index is 0.000000343. The molecule has 1 aliphatic rings. The molecule has 0 saturated carbocycles. The van der Waals surface area contributed by atoms with Crippen LogP contribution in [0.1, 0.15) is 43.2 Å². The molecule has 182 valence electrons. The minimum Gasteiger partial charge on any atom is -0.293 e. The number of carbonyl (C=O) groups is 1. The maximum atomic E-state index is 12.6. The molecule has 1 amide bonds. The highest BCUT2D eigenvalue weighted by atomic mass is 35.5. The van der Waals surface area contributed by atoms with E-state index in [1.165, 1.54) is 11.1 Å². The van der Waals surface area contributed by atoms with Gasteiger partial charge < -0.3 is 0 Å². The number of rotatable bonds is 6. The van der Waals surface area contributed by atoms with E-state index in [1.807, 2.05) is 46.8 Å². The van der Waals surface area contributed by atoms with E-state index in [-0.39, 0.29) is 5.91 Å². The van der Waals surface area contributed by atoms with Crippen LogP contribution in [0, 0.1) is 19.8 Å². The Bertz CT molecular complexity index is 1080. The molecule has 5 nitrogen and oxygen atoms in total. The number of hydrogen-bond acceptors (Lipinski definition) is 3. The smallest absolute Gasteiger partial charge is 0.242 e. The number of halogens is 1. The first kappa shape index (κ1) is 26.0. The van der Waals surface area contributed by atoms with Crippen LogP contribution in [0.4, 0.5) is 5.82 Å². The summed E-state index contributed by atoms with van der Waals surface area (Å²) in [5.41, 5.74) is 4.77. The molecule has 0 N–H and O–H groups in total. The molecular weight excluding hydrogens is 444 g/mol. The second-order valence-electron chi connectivity index (χ2n) is 9.39. The van der Waals surface area contributed by atoms with Crippen molar-refractivity contribution in [3.05, 3.63) is 82.0 Å². The van der Waals surface area contributed by atoms with Crippen molar-refractivity contribution in [2.75, 3.05) is 31.1 Å². The van der Waals surface area contributed by atoms with E-state index < -0.39 is 0 Å². The highest BCUT2D eigenvalue weighted by Gasteiger charge is 2.27. The Kier molecular flexibility index (Phi) is 9.31. The van der Waals surface area contributed by atoms with E-state index in [1.54, 1.807) is 0 Å². The van der Waals surface area contributed by atoms with Crippen molar-refractivity contribution in [3.8, 4) is 0 Å². The SMILES string of the molecule is CCc1ccccc1.Cc1ccc(Cl)cc1Cn1nc(N2CCN(CC(C)C)CC2=O)cc1C. The lowest BCUT2D eigenvalue weighted by Crippen LogP contribution is -2.51. The van der Waals surface area contributed by atoms with Gasteiger partial charge in [-0.25, -0.2) is 0 Å². The van der Waals surface area contributed by atoms with Crippen LogP contribution in [0.25, 0.3) is 0 Å². The van der Waals surface area contributed by atoms with Gasteiger partial charge in [-0.15, -0.1) is 0 Å². The number of amides is 1. The number of carbonyl (C=O) groups excluding carboxylic acids is 1. The molecule has 1 aromatic heterocycles. The fourth-order valence-corrected chi connectivity index (χ4v) is 4.30. The molecule has 0 aliphatic carbocycles. The summed E-state index contributed by atoms with van der Waals surface area (Å²) in [5, 5.41) is 5.42. The molecule has 2 heterocycles. The number of anilines is 1. The highest BCUT2D eigenvalue weighted by molar-refractivity contribution is 6.30. The van der Waals surface area contributed by atoms with Gasteiger partial charge in [0.2, 0.25) is 5.91 Å². The molecule has 4 rings (SSSR count). The molecule has 0 unspecified atom stereocenters. The third-order valence-corrected chi connectivity index (χ3v) is 6.29. The van der Waals surface area contributed by atoms with Crippen molar-refractivity contribution in [2.45, 2.75) is 47.6 Å². The van der Waals surface area contributed by atoms with Gasteiger partial charge in [0.1, 0.15) is 0 Å². The van der Waals surface area contributed by atoms with Crippen LogP contribution >= 0.6 is 11.6 Å². The van der Waals surface area contributed by atoms with Crippen molar-refractivity contribution in [1.29, 1.82) is 0 Å². The number of benzene rings is 2. The zero-order valence-electron chi connectivity index (χ0n) is 21.1. The van der Waals surface area contributed by atoms with Crippen LogP contribution in [0.5, 0.6) is 0 Å². The minimum atomic E-state index is 0.125. The fraction of sp³-hybridized carbons (Fsp3) is 0.429. The molecule has 34 heavy (non-hydrogen) atoms. The first-order chi connectivity index (χ1) is 16.3. The molecule has 0 bridgehead atoms. The summed E-state index contributed by atoms with van der Waals surface area (Å²) >= 11 is 6.13. The van der Waals surface area contributed by atoms with Gasteiger partial charge in [0.25, 0.3) is 0 Å². The Labute approximate surface area is 209 Å². The molecule has 0 atom stereocenters. The molecule has 0 radical (unpaired) electrons. The van der Waals surface area contributed by atoms with Gasteiger partial charge in [-0.05, 0) is 55.0 Å². The van der Waals surface area contributed by atoms with Crippen LogP contribution < -0.4 is 4.90 Å². The van der Waals surface area contributed by atoms with Crippen LogP contribution in [0.3, 0.4) is 0 Å². The summed E-state index contributed by atoms with van der Waals surface area (Å²) in [6.07, 6.45) is 1.14. The lowest BCUT2D eigenvalue weighted by atomic mass is 10.1. The number of nitrogens with zero attached hydrogens (tertiary/aromatic N) is 4. The third-order valence-electron chi connectivity index (χ3n) is 6.05. The number of aromatic nitrogens is 2. The molecule has 1 fully saturated rings. The molecule has 3 aromatic rings. The average Bonchev–Trinajstić information content (AvgIpc) is 3.16. The second-order valence-corrected chi connectivity index (χ2v) is 9.82. The summed E-state index contributed by atoms with van der Waals surface area (Å²) in [5.74, 6) is 1.44. The van der Waals surface area contributed by atoms with Gasteiger partial charge >= 0.3 is 0 Å². The second kappa shape index (κ2) is 12.2. The van der Waals surface area contributed by atoms with E-state index in [4.69, 9.17) is 16.7 Å². The molecule has 6 heteroatoms. The third kappa shape index (κ3) is 7.18. The molecule has 0 spiro atoms. The van der Waals surface area contributed by atoms with Crippen molar-refractivity contribution in [3.63, 3.8) is 0 Å². The number of hydrogen-bond donors (Lipinski definition) is 0. The topological polar surface area (TPSA) is 41.4 Å². The average molecular weight is 481 g/mol. The Morgan fingerprint density at radius 1 is 1.03 bits per heavy atom. The summed E-state index contributed by atoms with van der Waals surface area (Å²) in [6.45, 7) is 14.3. The Morgan fingerprint density at radius 3 is 2.38 bits per heavy atom. The summed E-state index contributed by atoms with van der Waals surface area (Å²) in [6, 6.07) is 18.4. The predicted octanol–water partition coefficient (Wildman–Crippen LogP) is 5.76. The van der Waals surface area contributed by atoms with Crippen molar-refractivity contribution >= 4 is 23.3 Å². The van der Waals surface area contributed by atoms with E-state index in [2.05, 4.69) is 56.9 Å². The fourth-order valence-electron chi connectivity index (χ4n) is 4.11. The lowest BCUT2D eigenvalue weighted by Gasteiger charge is -2.33. The molecule has 2 aromatic carbocycles. The maximum Gasteiger partial charge on any atom is 0.242 e. The van der Waals surface area contributed by atoms with Gasteiger partial charge in [0, 0.05) is 36.4 Å². The Hall–Kier alpha value is -2.63. The lowest BCUT2D eigenvalue weighted by molar-refractivity contribution is -0.121. The Morgan fingerprint density at radius 2 is 1.76 bits per heavy atom.